The number of nitrogens with zero attached hydrogens (tertiary/aromatic N) is 3. The van der Waals surface area contributed by atoms with E-state index in [1.54, 1.807) is 17.5 Å². The molecule has 130 valence electrons. The van der Waals surface area contributed by atoms with Crippen LogP contribution in [0.2, 0.25) is 5.02 Å². The fraction of sp³-hybridized carbons (Fsp3) is 0.278. The first-order chi connectivity index (χ1) is 12.1. The number of hydrogen-bond donors (Lipinski definition) is 1. The number of aromatic nitrogens is 3. The third kappa shape index (κ3) is 4.08. The normalized spacial score (nSPS) is 12.1. The summed E-state index contributed by atoms with van der Waals surface area (Å²) in [4.78, 5) is 18.1. The summed E-state index contributed by atoms with van der Waals surface area (Å²) >= 11 is 7.93. The van der Waals surface area contributed by atoms with E-state index in [1.165, 1.54) is 9.56 Å². The average molecular weight is 375 g/mol. The molecule has 0 fully saturated rings. The van der Waals surface area contributed by atoms with Crippen LogP contribution in [-0.2, 0) is 13.0 Å². The molecule has 3 aromatic rings. The molecule has 0 radical (unpaired) electrons. The molecule has 25 heavy (non-hydrogen) atoms. The molecule has 0 amide bonds. The maximum absolute atomic E-state index is 12.5. The summed E-state index contributed by atoms with van der Waals surface area (Å²) in [6, 6.07) is 9.64. The Balaban J connectivity index is 1.79. The molecule has 1 atom stereocenters. The molecule has 1 aromatic carbocycles. The number of rotatable bonds is 6. The lowest BCUT2D eigenvalue weighted by Gasteiger charge is -2.14. The predicted molar refractivity (Wildman–Crippen MR) is 103 cm³/mol. The molecule has 2 aromatic heterocycles. The van der Waals surface area contributed by atoms with Crippen LogP contribution in [0, 0.1) is 0 Å². The van der Waals surface area contributed by atoms with Gasteiger partial charge in [-0.2, -0.15) is 5.10 Å². The van der Waals surface area contributed by atoms with E-state index >= 15 is 0 Å². The van der Waals surface area contributed by atoms with Crippen molar-refractivity contribution in [3.05, 3.63) is 73.6 Å². The van der Waals surface area contributed by atoms with E-state index in [9.17, 15) is 4.79 Å². The third-order valence-electron chi connectivity index (χ3n) is 3.82. The summed E-state index contributed by atoms with van der Waals surface area (Å²) in [6.45, 7) is 4.48. The Labute approximate surface area is 155 Å². The van der Waals surface area contributed by atoms with Crippen LogP contribution < -0.4 is 10.9 Å². The molecule has 7 heteroatoms. The Morgan fingerprint density at radius 2 is 2.04 bits per heavy atom. The van der Waals surface area contributed by atoms with E-state index in [0.717, 1.165) is 17.0 Å². The monoisotopic (exact) mass is 374 g/mol. The SMILES string of the molecule is CCc1cnc(C(C)Nc2cnn(Cc3ccccc3)c(=O)c2Cl)s1. The van der Waals surface area contributed by atoms with Gasteiger partial charge < -0.3 is 5.32 Å². The lowest BCUT2D eigenvalue weighted by atomic mass is 10.2. The highest BCUT2D eigenvalue weighted by Gasteiger charge is 2.15. The van der Waals surface area contributed by atoms with E-state index in [2.05, 4.69) is 22.3 Å². The molecule has 0 bridgehead atoms. The van der Waals surface area contributed by atoms with Gasteiger partial charge in [0.25, 0.3) is 5.56 Å². The number of halogens is 1. The first kappa shape index (κ1) is 17.6. The Hall–Kier alpha value is -2.18. The van der Waals surface area contributed by atoms with E-state index < -0.39 is 0 Å². The molecule has 0 aliphatic carbocycles. The Morgan fingerprint density at radius 3 is 2.72 bits per heavy atom. The maximum atomic E-state index is 12.5. The van der Waals surface area contributed by atoms with Gasteiger partial charge in [-0.15, -0.1) is 11.3 Å². The van der Waals surface area contributed by atoms with Crippen molar-refractivity contribution < 1.29 is 0 Å². The fourth-order valence-corrected chi connectivity index (χ4v) is 3.48. The summed E-state index contributed by atoms with van der Waals surface area (Å²) in [5, 5.41) is 8.58. The summed E-state index contributed by atoms with van der Waals surface area (Å²) in [5.41, 5.74) is 1.21. The number of anilines is 1. The first-order valence-corrected chi connectivity index (χ1v) is 9.28. The van der Waals surface area contributed by atoms with Crippen LogP contribution in [0.25, 0.3) is 0 Å². The van der Waals surface area contributed by atoms with Crippen molar-refractivity contribution in [1.29, 1.82) is 0 Å². The molecule has 0 aliphatic heterocycles. The number of benzene rings is 1. The number of hydrogen-bond acceptors (Lipinski definition) is 5. The zero-order valence-electron chi connectivity index (χ0n) is 14.1. The van der Waals surface area contributed by atoms with Crippen LogP contribution in [0.15, 0.2) is 47.5 Å². The highest BCUT2D eigenvalue weighted by Crippen LogP contribution is 2.26. The van der Waals surface area contributed by atoms with Gasteiger partial charge in [0.05, 0.1) is 24.5 Å². The minimum Gasteiger partial charge on any atom is -0.373 e. The molecule has 1 N–H and O–H groups in total. The van der Waals surface area contributed by atoms with Gasteiger partial charge in [0, 0.05) is 11.1 Å². The summed E-state index contributed by atoms with van der Waals surface area (Å²) < 4.78 is 1.37. The van der Waals surface area contributed by atoms with E-state index in [0.29, 0.717) is 12.2 Å². The lowest BCUT2D eigenvalue weighted by Crippen LogP contribution is -2.25. The molecule has 5 nitrogen and oxygen atoms in total. The Morgan fingerprint density at radius 1 is 1.28 bits per heavy atom. The van der Waals surface area contributed by atoms with Crippen molar-refractivity contribution in [3.63, 3.8) is 0 Å². The van der Waals surface area contributed by atoms with Gasteiger partial charge in [0.1, 0.15) is 10.0 Å². The molecular weight excluding hydrogens is 356 g/mol. The second-order valence-electron chi connectivity index (χ2n) is 5.71. The standard InChI is InChI=1S/C18H19ClN4OS/c1-3-14-9-20-17(25-14)12(2)22-15-10-21-23(18(24)16(15)19)11-13-7-5-4-6-8-13/h4-10,12,22H,3,11H2,1-2H3. The van der Waals surface area contributed by atoms with Crippen molar-refractivity contribution in [2.24, 2.45) is 0 Å². The van der Waals surface area contributed by atoms with Gasteiger partial charge >= 0.3 is 0 Å². The maximum Gasteiger partial charge on any atom is 0.287 e. The quantitative estimate of drug-likeness (QED) is 0.704. The van der Waals surface area contributed by atoms with Gasteiger partial charge in [-0.25, -0.2) is 9.67 Å². The third-order valence-corrected chi connectivity index (χ3v) is 5.51. The van der Waals surface area contributed by atoms with Gasteiger partial charge in [-0.05, 0) is 18.9 Å². The molecular formula is C18H19ClN4OS. The molecule has 0 saturated carbocycles. The van der Waals surface area contributed by atoms with Gasteiger partial charge in [-0.1, -0.05) is 48.9 Å². The van der Waals surface area contributed by atoms with E-state index in [1.807, 2.05) is 43.5 Å². The molecule has 2 heterocycles. The van der Waals surface area contributed by atoms with Gasteiger partial charge in [-0.3, -0.25) is 4.79 Å². The van der Waals surface area contributed by atoms with Crippen LogP contribution >= 0.6 is 22.9 Å². The van der Waals surface area contributed by atoms with Crippen molar-refractivity contribution in [2.75, 3.05) is 5.32 Å². The lowest BCUT2D eigenvalue weighted by molar-refractivity contribution is 0.639. The van der Waals surface area contributed by atoms with Crippen molar-refractivity contribution in [1.82, 2.24) is 14.8 Å². The fourth-order valence-electron chi connectivity index (χ4n) is 2.42. The highest BCUT2D eigenvalue weighted by atomic mass is 35.5. The summed E-state index contributed by atoms with van der Waals surface area (Å²) in [5.74, 6) is 0. The first-order valence-electron chi connectivity index (χ1n) is 8.09. The molecule has 0 aliphatic rings. The van der Waals surface area contributed by atoms with Crippen LogP contribution in [-0.4, -0.2) is 14.8 Å². The molecule has 0 spiro atoms. The second kappa shape index (κ2) is 7.80. The highest BCUT2D eigenvalue weighted by molar-refractivity contribution is 7.11. The zero-order chi connectivity index (χ0) is 17.8. The van der Waals surface area contributed by atoms with Gasteiger partial charge in [0.2, 0.25) is 0 Å². The largest absolute Gasteiger partial charge is 0.373 e. The van der Waals surface area contributed by atoms with Crippen molar-refractivity contribution in [3.8, 4) is 0 Å². The summed E-state index contributed by atoms with van der Waals surface area (Å²) in [7, 11) is 0. The minimum absolute atomic E-state index is 0.0472. The van der Waals surface area contributed by atoms with Gasteiger partial charge in [0.15, 0.2) is 0 Å². The van der Waals surface area contributed by atoms with E-state index in [4.69, 9.17) is 11.6 Å². The zero-order valence-corrected chi connectivity index (χ0v) is 15.6. The smallest absolute Gasteiger partial charge is 0.287 e. The topological polar surface area (TPSA) is 59.8 Å². The minimum atomic E-state index is -0.309. The average Bonchev–Trinajstić information content (AvgIpc) is 3.11. The van der Waals surface area contributed by atoms with Crippen molar-refractivity contribution >= 4 is 28.6 Å². The van der Waals surface area contributed by atoms with Crippen LogP contribution in [0.5, 0.6) is 0 Å². The number of nitrogens with one attached hydrogen (secondary N) is 1. The summed E-state index contributed by atoms with van der Waals surface area (Å²) in [6.07, 6.45) is 4.44. The Kier molecular flexibility index (Phi) is 5.50. The second-order valence-corrected chi connectivity index (χ2v) is 7.23. The molecule has 0 saturated heterocycles. The predicted octanol–water partition coefficient (Wildman–Crippen LogP) is 4.14. The number of thiazole rings is 1. The molecule has 1 unspecified atom stereocenters. The molecule has 3 rings (SSSR count). The van der Waals surface area contributed by atoms with Crippen LogP contribution in [0.4, 0.5) is 5.69 Å². The van der Waals surface area contributed by atoms with E-state index in [-0.39, 0.29) is 16.6 Å². The van der Waals surface area contributed by atoms with Crippen LogP contribution in [0.3, 0.4) is 0 Å². The Bertz CT molecular complexity index is 907. The van der Waals surface area contributed by atoms with Crippen molar-refractivity contribution in [2.45, 2.75) is 32.9 Å². The number of aryl methyl sites for hydroxylation is 1. The van der Waals surface area contributed by atoms with Crippen LogP contribution in [0.1, 0.15) is 35.3 Å².